The molecule has 0 unspecified atom stereocenters. The van der Waals surface area contributed by atoms with Gasteiger partial charge in [-0.3, -0.25) is 0 Å². The number of hydrogen-bond acceptors (Lipinski definition) is 3. The van der Waals surface area contributed by atoms with Crippen LogP contribution in [-0.2, 0) is 10.8 Å². The molecule has 3 heteroatoms. The largest absolute Gasteiger partial charge is 0.457 e. The molecule has 65 heavy (non-hydrogen) atoms. The van der Waals surface area contributed by atoms with E-state index in [1.807, 2.05) is 11.3 Å². The van der Waals surface area contributed by atoms with Crippen LogP contribution in [0.1, 0.15) is 47.2 Å². The zero-order chi connectivity index (χ0) is 43.0. The van der Waals surface area contributed by atoms with Gasteiger partial charge in [-0.25, -0.2) is 0 Å². The Morgan fingerprint density at radius 1 is 0.385 bits per heavy atom. The molecule has 10 aromatic carbocycles. The Morgan fingerprint density at radius 3 is 1.69 bits per heavy atom. The molecule has 1 aromatic heterocycles. The molecule has 2 heterocycles. The molecule has 2 nitrogen and oxygen atoms in total. The lowest BCUT2D eigenvalue weighted by Crippen LogP contribution is -2.32. The average Bonchev–Trinajstić information content (AvgIpc) is 3.96. The van der Waals surface area contributed by atoms with Crippen LogP contribution in [0.5, 0.6) is 11.5 Å². The third-order valence-electron chi connectivity index (χ3n) is 14.7. The van der Waals surface area contributed by atoms with Crippen molar-refractivity contribution < 1.29 is 4.74 Å². The summed E-state index contributed by atoms with van der Waals surface area (Å²) in [5, 5.41) is 4.99. The Bertz CT molecular complexity index is 3770. The lowest BCUT2D eigenvalue weighted by atomic mass is 9.66. The van der Waals surface area contributed by atoms with Crippen molar-refractivity contribution in [1.82, 2.24) is 0 Å². The molecule has 1 aliphatic heterocycles. The standard InChI is InChI=1S/C62H41NOS/c1-61(2)49-23-9-5-18-42(49)45-32-30-40(36-53(45)61)63(55-35-39-17-4-3-16-38(39)34-48(55)46-22-15-29-59-60(46)47-21-8-14-28-58(47)65-59)41-31-33-57-54(37-41)62(52-26-12-13-27-56(52)64-57)50-24-10-6-19-43(50)44-20-7-11-25-51(44)62/h3-37H,1-2H3. The average molecular weight is 848 g/mol. The first kappa shape index (κ1) is 36.7. The van der Waals surface area contributed by atoms with Gasteiger partial charge in [0, 0.05) is 53.7 Å². The summed E-state index contributed by atoms with van der Waals surface area (Å²) in [7, 11) is 0. The Hall–Kier alpha value is -7.72. The summed E-state index contributed by atoms with van der Waals surface area (Å²) in [4.78, 5) is 2.54. The van der Waals surface area contributed by atoms with Gasteiger partial charge in [-0.1, -0.05) is 166 Å². The second kappa shape index (κ2) is 13.4. The monoisotopic (exact) mass is 847 g/mol. The number of ether oxygens (including phenoxy) is 1. The molecular weight excluding hydrogens is 807 g/mol. The fourth-order valence-corrected chi connectivity index (χ4v) is 13.0. The van der Waals surface area contributed by atoms with Crippen LogP contribution < -0.4 is 9.64 Å². The van der Waals surface area contributed by atoms with E-state index in [1.165, 1.54) is 86.6 Å². The van der Waals surface area contributed by atoms with Gasteiger partial charge in [0.15, 0.2) is 0 Å². The van der Waals surface area contributed by atoms with E-state index in [1.54, 1.807) is 0 Å². The van der Waals surface area contributed by atoms with Crippen LogP contribution in [0.15, 0.2) is 212 Å². The van der Waals surface area contributed by atoms with Crippen molar-refractivity contribution in [2.45, 2.75) is 24.7 Å². The summed E-state index contributed by atoms with van der Waals surface area (Å²) < 4.78 is 9.56. The van der Waals surface area contributed by atoms with Crippen molar-refractivity contribution in [3.05, 3.63) is 246 Å². The van der Waals surface area contributed by atoms with Gasteiger partial charge in [0.25, 0.3) is 0 Å². The Kier molecular flexibility index (Phi) is 7.57. The van der Waals surface area contributed by atoms with Gasteiger partial charge in [0.2, 0.25) is 0 Å². The van der Waals surface area contributed by atoms with Crippen LogP contribution in [-0.4, -0.2) is 0 Å². The molecule has 2 aliphatic carbocycles. The second-order valence-corrected chi connectivity index (χ2v) is 19.4. The van der Waals surface area contributed by atoms with Crippen LogP contribution in [0.4, 0.5) is 17.1 Å². The van der Waals surface area contributed by atoms with Crippen LogP contribution in [0, 0.1) is 0 Å². The smallest absolute Gasteiger partial charge is 0.132 e. The minimum absolute atomic E-state index is 0.185. The van der Waals surface area contributed by atoms with E-state index in [0.717, 1.165) is 39.7 Å². The zero-order valence-corrected chi connectivity index (χ0v) is 36.8. The summed E-state index contributed by atoms with van der Waals surface area (Å²) in [5.41, 5.74) is 17.6. The van der Waals surface area contributed by atoms with Crippen molar-refractivity contribution in [1.29, 1.82) is 0 Å². The highest BCUT2D eigenvalue weighted by Crippen LogP contribution is 2.63. The molecule has 3 aliphatic rings. The first-order valence-corrected chi connectivity index (χ1v) is 23.4. The molecule has 0 atom stereocenters. The number of fused-ring (bicyclic) bond motifs is 16. The number of hydrogen-bond donors (Lipinski definition) is 0. The molecule has 0 bridgehead atoms. The van der Waals surface area contributed by atoms with Crippen molar-refractivity contribution in [3.8, 4) is 44.9 Å². The van der Waals surface area contributed by atoms with E-state index in [9.17, 15) is 0 Å². The van der Waals surface area contributed by atoms with E-state index in [-0.39, 0.29) is 5.41 Å². The summed E-state index contributed by atoms with van der Waals surface area (Å²) in [6.07, 6.45) is 0. The van der Waals surface area contributed by atoms with Crippen LogP contribution in [0.2, 0.25) is 0 Å². The van der Waals surface area contributed by atoms with Gasteiger partial charge in [-0.2, -0.15) is 0 Å². The predicted octanol–water partition coefficient (Wildman–Crippen LogP) is 17.1. The normalized spacial score (nSPS) is 14.4. The number of benzene rings is 10. The van der Waals surface area contributed by atoms with Gasteiger partial charge in [-0.05, 0) is 122 Å². The zero-order valence-electron chi connectivity index (χ0n) is 36.0. The second-order valence-electron chi connectivity index (χ2n) is 18.3. The summed E-state index contributed by atoms with van der Waals surface area (Å²) in [6.45, 7) is 4.75. The Morgan fingerprint density at radius 2 is 0.923 bits per heavy atom. The van der Waals surface area contributed by atoms with Gasteiger partial charge in [0.05, 0.1) is 11.1 Å². The van der Waals surface area contributed by atoms with E-state index >= 15 is 0 Å². The maximum absolute atomic E-state index is 6.98. The van der Waals surface area contributed by atoms with E-state index in [2.05, 4.69) is 231 Å². The first-order chi connectivity index (χ1) is 32.0. The summed E-state index contributed by atoms with van der Waals surface area (Å²) in [6, 6.07) is 79.1. The van der Waals surface area contributed by atoms with Crippen LogP contribution in [0.3, 0.4) is 0 Å². The lowest BCUT2D eigenvalue weighted by molar-refractivity contribution is 0.436. The van der Waals surface area contributed by atoms with Gasteiger partial charge < -0.3 is 9.64 Å². The van der Waals surface area contributed by atoms with Crippen molar-refractivity contribution in [3.63, 3.8) is 0 Å². The molecule has 0 amide bonds. The third kappa shape index (κ3) is 4.99. The van der Waals surface area contributed by atoms with Gasteiger partial charge in [0.1, 0.15) is 11.5 Å². The maximum atomic E-state index is 6.98. The molecule has 0 saturated carbocycles. The third-order valence-corrected chi connectivity index (χ3v) is 15.8. The minimum atomic E-state index is -0.603. The number of thiophene rings is 1. The molecule has 0 N–H and O–H groups in total. The van der Waals surface area contributed by atoms with Gasteiger partial charge in [-0.15, -0.1) is 11.3 Å². The number of nitrogens with zero attached hydrogens (tertiary/aromatic N) is 1. The maximum Gasteiger partial charge on any atom is 0.132 e. The highest BCUT2D eigenvalue weighted by molar-refractivity contribution is 7.25. The summed E-state index contributed by atoms with van der Waals surface area (Å²) in [5.74, 6) is 1.77. The highest BCUT2D eigenvalue weighted by atomic mass is 32.1. The number of anilines is 3. The van der Waals surface area contributed by atoms with E-state index in [0.29, 0.717) is 0 Å². The van der Waals surface area contributed by atoms with Gasteiger partial charge >= 0.3 is 0 Å². The minimum Gasteiger partial charge on any atom is -0.457 e. The fraction of sp³-hybridized carbons (Fsp3) is 0.0645. The number of para-hydroxylation sites is 1. The van der Waals surface area contributed by atoms with Crippen LogP contribution >= 0.6 is 11.3 Å². The molecule has 0 radical (unpaired) electrons. The van der Waals surface area contributed by atoms with E-state index < -0.39 is 5.41 Å². The molecule has 11 aromatic rings. The highest BCUT2D eigenvalue weighted by Gasteiger charge is 2.51. The molecule has 0 saturated heterocycles. The van der Waals surface area contributed by atoms with Crippen molar-refractivity contribution in [2.75, 3.05) is 4.90 Å². The molecule has 1 spiro atoms. The number of rotatable bonds is 4. The molecule has 0 fully saturated rings. The fourth-order valence-electron chi connectivity index (χ4n) is 11.9. The quantitative estimate of drug-likeness (QED) is 0.175. The predicted molar refractivity (Wildman–Crippen MR) is 272 cm³/mol. The SMILES string of the molecule is CC1(C)c2ccccc2-c2ccc(N(c3ccc4c(c3)C3(c5ccccc5O4)c4ccccc4-c4ccccc43)c3cc4ccccc4cc3-c3cccc4sc5ccccc5c34)cc21. The first-order valence-electron chi connectivity index (χ1n) is 22.6. The topological polar surface area (TPSA) is 12.5 Å². The molecule has 14 rings (SSSR count). The molecular formula is C62H41NOS. The Balaban J connectivity index is 1.09. The van der Waals surface area contributed by atoms with Crippen molar-refractivity contribution in [2.24, 2.45) is 0 Å². The summed E-state index contributed by atoms with van der Waals surface area (Å²) >= 11 is 1.87. The molecule has 306 valence electrons. The van der Waals surface area contributed by atoms with Crippen LogP contribution in [0.25, 0.3) is 64.3 Å². The Labute approximate surface area is 382 Å². The van der Waals surface area contributed by atoms with Crippen molar-refractivity contribution >= 4 is 59.3 Å². The van der Waals surface area contributed by atoms with E-state index in [4.69, 9.17) is 4.74 Å². The lowest BCUT2D eigenvalue weighted by Gasteiger charge is -2.40.